The molecule has 1 aromatic carbocycles. The molecule has 0 aliphatic heterocycles. The Bertz CT molecular complexity index is 657. The Morgan fingerprint density at radius 3 is 2.43 bits per heavy atom. The number of hydrogen-bond donors (Lipinski definition) is 2. The summed E-state index contributed by atoms with van der Waals surface area (Å²) in [5.41, 5.74) is 0.465. The monoisotopic (exact) mass is 332 g/mol. The Hall–Kier alpha value is -1.72. The van der Waals surface area contributed by atoms with Crippen LogP contribution in [0.25, 0.3) is 0 Å². The summed E-state index contributed by atoms with van der Waals surface area (Å²) >= 11 is 1.58. The van der Waals surface area contributed by atoms with E-state index in [1.807, 2.05) is 35.7 Å². The molecule has 0 aliphatic rings. The molecule has 0 bridgehead atoms. The molecule has 0 fully saturated rings. The van der Waals surface area contributed by atoms with Crippen molar-refractivity contribution >= 4 is 17.2 Å². The summed E-state index contributed by atoms with van der Waals surface area (Å²) in [5.74, 6) is -0.132. The highest BCUT2D eigenvalue weighted by molar-refractivity contribution is 7.09. The third kappa shape index (κ3) is 4.88. The lowest BCUT2D eigenvalue weighted by molar-refractivity contribution is -0.121. The van der Waals surface area contributed by atoms with Crippen LogP contribution in [-0.4, -0.2) is 22.5 Å². The second kappa shape index (κ2) is 6.81. The van der Waals surface area contributed by atoms with E-state index in [9.17, 15) is 9.90 Å². The molecule has 1 heterocycles. The lowest BCUT2D eigenvalue weighted by atomic mass is 9.96. The van der Waals surface area contributed by atoms with Crippen LogP contribution in [0.1, 0.15) is 44.0 Å². The third-order valence-electron chi connectivity index (χ3n) is 3.56. The van der Waals surface area contributed by atoms with Crippen molar-refractivity contribution in [2.45, 2.75) is 45.1 Å². The van der Waals surface area contributed by atoms with E-state index in [-0.39, 0.29) is 24.3 Å². The number of aliphatic hydroxyl groups is 1. The molecule has 0 saturated heterocycles. The number of carbonyl (C=O) groups excluding carboxylic acids is 1. The maximum atomic E-state index is 12.1. The Morgan fingerprint density at radius 2 is 1.87 bits per heavy atom. The molecule has 1 aromatic heterocycles. The number of aromatic nitrogens is 1. The quantitative estimate of drug-likeness (QED) is 0.885. The third-order valence-corrected chi connectivity index (χ3v) is 4.88. The highest BCUT2D eigenvalue weighted by Gasteiger charge is 2.24. The van der Waals surface area contributed by atoms with Crippen LogP contribution in [0.4, 0.5) is 0 Å². The average molecular weight is 332 g/mol. The van der Waals surface area contributed by atoms with E-state index in [0.29, 0.717) is 0 Å². The summed E-state index contributed by atoms with van der Waals surface area (Å²) in [4.78, 5) is 16.6. The van der Waals surface area contributed by atoms with Crippen LogP contribution < -0.4 is 5.32 Å². The summed E-state index contributed by atoms with van der Waals surface area (Å²) < 4.78 is 0. The molecule has 1 amide bonds. The first kappa shape index (κ1) is 17.6. The molecule has 0 radical (unpaired) electrons. The fourth-order valence-electron chi connectivity index (χ4n) is 2.13. The minimum atomic E-state index is -1.09. The van der Waals surface area contributed by atoms with Crippen LogP contribution in [0.3, 0.4) is 0 Å². The molecule has 2 aromatic rings. The Labute approximate surface area is 141 Å². The lowest BCUT2D eigenvalue weighted by Gasteiger charge is -2.24. The number of nitrogens with one attached hydrogen (secondary N) is 1. The van der Waals surface area contributed by atoms with E-state index in [1.54, 1.807) is 18.3 Å². The summed E-state index contributed by atoms with van der Waals surface area (Å²) in [6.45, 7) is 8.18. The standard InChI is InChI=1S/C18H24N2O2S/c1-17(2,3)16-20-14(11-23-16)10-15(21)19-12-18(4,22)13-8-6-5-7-9-13/h5-9,11,22H,10,12H2,1-4H3,(H,19,21). The summed E-state index contributed by atoms with van der Waals surface area (Å²) in [6, 6.07) is 9.33. The van der Waals surface area contributed by atoms with Crippen molar-refractivity contribution in [1.29, 1.82) is 0 Å². The molecule has 1 unspecified atom stereocenters. The van der Waals surface area contributed by atoms with Gasteiger partial charge in [0.1, 0.15) is 5.60 Å². The first-order valence-electron chi connectivity index (χ1n) is 7.68. The fourth-order valence-corrected chi connectivity index (χ4v) is 3.04. The number of hydrogen-bond acceptors (Lipinski definition) is 4. The van der Waals surface area contributed by atoms with Crippen molar-refractivity contribution in [2.24, 2.45) is 0 Å². The van der Waals surface area contributed by atoms with Gasteiger partial charge in [-0.15, -0.1) is 11.3 Å². The number of carbonyl (C=O) groups is 1. The zero-order chi connectivity index (χ0) is 17.1. The lowest BCUT2D eigenvalue weighted by Crippen LogP contribution is -2.39. The van der Waals surface area contributed by atoms with Crippen LogP contribution in [-0.2, 0) is 22.2 Å². The van der Waals surface area contributed by atoms with Gasteiger partial charge < -0.3 is 10.4 Å². The maximum absolute atomic E-state index is 12.1. The minimum absolute atomic E-state index is 0.00360. The van der Waals surface area contributed by atoms with Gasteiger partial charge in [0.05, 0.1) is 23.7 Å². The summed E-state index contributed by atoms with van der Waals surface area (Å²) in [5, 5.41) is 16.2. The highest BCUT2D eigenvalue weighted by atomic mass is 32.1. The van der Waals surface area contributed by atoms with E-state index in [2.05, 4.69) is 31.1 Å². The Balaban J connectivity index is 1.91. The van der Waals surface area contributed by atoms with Crippen LogP contribution in [0.2, 0.25) is 0 Å². The van der Waals surface area contributed by atoms with Crippen molar-refractivity contribution in [2.75, 3.05) is 6.54 Å². The molecule has 5 heteroatoms. The topological polar surface area (TPSA) is 62.2 Å². The molecular weight excluding hydrogens is 308 g/mol. The van der Waals surface area contributed by atoms with Crippen molar-refractivity contribution < 1.29 is 9.90 Å². The first-order chi connectivity index (χ1) is 10.7. The van der Waals surface area contributed by atoms with E-state index in [0.717, 1.165) is 16.3 Å². The van der Waals surface area contributed by atoms with Gasteiger partial charge >= 0.3 is 0 Å². The maximum Gasteiger partial charge on any atom is 0.226 e. The van der Waals surface area contributed by atoms with E-state index < -0.39 is 5.60 Å². The number of amides is 1. The van der Waals surface area contributed by atoms with Crippen LogP contribution in [0, 0.1) is 0 Å². The van der Waals surface area contributed by atoms with Crippen molar-refractivity contribution in [3.8, 4) is 0 Å². The van der Waals surface area contributed by atoms with Gasteiger partial charge in [-0.05, 0) is 12.5 Å². The van der Waals surface area contributed by atoms with Gasteiger partial charge in [0, 0.05) is 10.8 Å². The van der Waals surface area contributed by atoms with Gasteiger partial charge in [0.2, 0.25) is 5.91 Å². The average Bonchev–Trinajstić information content (AvgIpc) is 2.95. The molecule has 23 heavy (non-hydrogen) atoms. The van der Waals surface area contributed by atoms with Gasteiger partial charge in [0.25, 0.3) is 0 Å². The van der Waals surface area contributed by atoms with E-state index in [4.69, 9.17) is 0 Å². The summed E-state index contributed by atoms with van der Waals surface area (Å²) in [6.07, 6.45) is 0.234. The molecular formula is C18H24N2O2S. The zero-order valence-electron chi connectivity index (χ0n) is 14.1. The van der Waals surface area contributed by atoms with E-state index in [1.165, 1.54) is 0 Å². The molecule has 2 rings (SSSR count). The highest BCUT2D eigenvalue weighted by Crippen LogP contribution is 2.25. The molecule has 0 saturated carbocycles. The Morgan fingerprint density at radius 1 is 1.22 bits per heavy atom. The largest absolute Gasteiger partial charge is 0.384 e. The molecule has 1 atom stereocenters. The number of rotatable bonds is 5. The van der Waals surface area contributed by atoms with Gasteiger partial charge in [-0.25, -0.2) is 4.98 Å². The van der Waals surface area contributed by atoms with Gasteiger partial charge in [-0.3, -0.25) is 4.79 Å². The van der Waals surface area contributed by atoms with Crippen LogP contribution in [0.5, 0.6) is 0 Å². The molecule has 2 N–H and O–H groups in total. The molecule has 0 aliphatic carbocycles. The van der Waals surface area contributed by atoms with Crippen LogP contribution >= 0.6 is 11.3 Å². The first-order valence-corrected chi connectivity index (χ1v) is 8.56. The fraction of sp³-hybridized carbons (Fsp3) is 0.444. The molecule has 0 spiro atoms. The summed E-state index contributed by atoms with van der Waals surface area (Å²) in [7, 11) is 0. The van der Waals surface area contributed by atoms with Crippen molar-refractivity contribution in [3.63, 3.8) is 0 Å². The zero-order valence-corrected chi connectivity index (χ0v) is 14.9. The SMILES string of the molecule is CC(C)(C)c1nc(CC(=O)NCC(C)(O)c2ccccc2)cs1. The predicted molar refractivity (Wildman–Crippen MR) is 93.5 cm³/mol. The predicted octanol–water partition coefficient (Wildman–Crippen LogP) is 3.01. The Kier molecular flexibility index (Phi) is 5.22. The smallest absolute Gasteiger partial charge is 0.226 e. The van der Waals surface area contributed by atoms with Crippen molar-refractivity contribution in [1.82, 2.24) is 10.3 Å². The van der Waals surface area contributed by atoms with Crippen molar-refractivity contribution in [3.05, 3.63) is 52.0 Å². The molecule has 124 valence electrons. The normalized spacial score (nSPS) is 14.3. The molecule has 4 nitrogen and oxygen atoms in total. The second-order valence-corrected chi connectivity index (χ2v) is 7.85. The van der Waals surface area contributed by atoms with E-state index >= 15 is 0 Å². The number of nitrogens with zero attached hydrogens (tertiary/aromatic N) is 1. The number of benzene rings is 1. The van der Waals surface area contributed by atoms with Gasteiger partial charge in [-0.2, -0.15) is 0 Å². The van der Waals surface area contributed by atoms with Crippen LogP contribution in [0.15, 0.2) is 35.7 Å². The van der Waals surface area contributed by atoms with Gasteiger partial charge in [-0.1, -0.05) is 51.1 Å². The minimum Gasteiger partial charge on any atom is -0.384 e. The number of thiazole rings is 1. The van der Waals surface area contributed by atoms with Gasteiger partial charge in [0.15, 0.2) is 0 Å². The second-order valence-electron chi connectivity index (χ2n) is 6.99.